The van der Waals surface area contributed by atoms with Crippen LogP contribution in [0.3, 0.4) is 0 Å². The fourth-order valence-electron chi connectivity index (χ4n) is 4.57. The van der Waals surface area contributed by atoms with Crippen molar-refractivity contribution in [2.75, 3.05) is 19.7 Å². The number of carboxylic acid groups (broad SMARTS) is 1. The maximum absolute atomic E-state index is 13.0. The molecule has 1 N–H and O–H groups in total. The van der Waals surface area contributed by atoms with Crippen molar-refractivity contribution in [2.24, 2.45) is 11.3 Å². The fraction of sp³-hybridized carbons (Fsp3) is 0.556. The van der Waals surface area contributed by atoms with Crippen molar-refractivity contribution < 1.29 is 19.4 Å². The van der Waals surface area contributed by atoms with Gasteiger partial charge in [-0.2, -0.15) is 0 Å². The van der Waals surface area contributed by atoms with Crippen LogP contribution >= 0.6 is 0 Å². The van der Waals surface area contributed by atoms with E-state index in [1.807, 2.05) is 24.3 Å². The highest BCUT2D eigenvalue weighted by Crippen LogP contribution is 2.49. The number of hydrogen-bond donors (Lipinski definition) is 1. The molecule has 23 heavy (non-hydrogen) atoms. The number of fused-ring (bicyclic) bond motifs is 2. The van der Waals surface area contributed by atoms with Crippen molar-refractivity contribution in [2.45, 2.75) is 31.8 Å². The van der Waals surface area contributed by atoms with Gasteiger partial charge in [-0.25, -0.2) is 0 Å². The molecule has 2 heterocycles. The Morgan fingerprint density at radius 2 is 2.13 bits per heavy atom. The first-order chi connectivity index (χ1) is 11.1. The molecule has 0 radical (unpaired) electrons. The van der Waals surface area contributed by atoms with Crippen LogP contribution in [0, 0.1) is 11.3 Å². The Hall–Kier alpha value is -1.88. The highest BCUT2D eigenvalue weighted by atomic mass is 16.5. The molecule has 1 aromatic rings. The molecule has 1 aromatic carbocycles. The first-order valence-corrected chi connectivity index (χ1v) is 8.33. The molecule has 1 saturated heterocycles. The molecule has 2 aliphatic heterocycles. The molecule has 0 aromatic heterocycles. The van der Waals surface area contributed by atoms with Crippen molar-refractivity contribution >= 4 is 11.9 Å². The normalized spacial score (nSPS) is 32.4. The van der Waals surface area contributed by atoms with E-state index in [9.17, 15) is 14.7 Å². The summed E-state index contributed by atoms with van der Waals surface area (Å²) in [5.74, 6) is -0.741. The van der Waals surface area contributed by atoms with Gasteiger partial charge in [0.1, 0.15) is 0 Å². The van der Waals surface area contributed by atoms with Crippen molar-refractivity contribution in [1.29, 1.82) is 0 Å². The summed E-state index contributed by atoms with van der Waals surface area (Å²) in [4.78, 5) is 26.5. The molecular weight excluding hydrogens is 294 g/mol. The summed E-state index contributed by atoms with van der Waals surface area (Å²) < 4.78 is 5.76. The second kappa shape index (κ2) is 5.34. The third kappa shape index (κ3) is 2.17. The average molecular weight is 315 g/mol. The largest absolute Gasteiger partial charge is 0.481 e. The molecule has 122 valence electrons. The highest BCUT2D eigenvalue weighted by molar-refractivity contribution is 5.85. The van der Waals surface area contributed by atoms with E-state index in [1.54, 1.807) is 4.90 Å². The van der Waals surface area contributed by atoms with E-state index in [-0.39, 0.29) is 11.8 Å². The molecule has 3 aliphatic rings. The summed E-state index contributed by atoms with van der Waals surface area (Å²) in [7, 11) is 0. The summed E-state index contributed by atoms with van der Waals surface area (Å²) in [6, 6.07) is 7.88. The number of nitrogens with zero attached hydrogens (tertiary/aromatic N) is 1. The van der Waals surface area contributed by atoms with Gasteiger partial charge in [-0.1, -0.05) is 30.7 Å². The first-order valence-electron chi connectivity index (χ1n) is 8.33. The molecule has 1 saturated carbocycles. The SMILES string of the molecule is O=C(C1OCCc2ccccc21)N1C[C@@H]2CCC[C@@]2(C(=O)O)C1. The van der Waals surface area contributed by atoms with Crippen LogP contribution in [0.4, 0.5) is 0 Å². The van der Waals surface area contributed by atoms with E-state index in [1.165, 1.54) is 0 Å². The van der Waals surface area contributed by atoms with Gasteiger partial charge in [-0.15, -0.1) is 0 Å². The van der Waals surface area contributed by atoms with Crippen LogP contribution in [0.5, 0.6) is 0 Å². The predicted octanol–water partition coefficient (Wildman–Crippen LogP) is 2.01. The Bertz CT molecular complexity index is 658. The zero-order valence-electron chi connectivity index (χ0n) is 13.0. The van der Waals surface area contributed by atoms with Crippen molar-refractivity contribution in [3.63, 3.8) is 0 Å². The molecule has 5 heteroatoms. The number of amides is 1. The highest BCUT2D eigenvalue weighted by Gasteiger charge is 2.56. The van der Waals surface area contributed by atoms with Crippen molar-refractivity contribution in [1.82, 2.24) is 4.90 Å². The van der Waals surface area contributed by atoms with Crippen LogP contribution in [0.1, 0.15) is 36.5 Å². The summed E-state index contributed by atoms with van der Waals surface area (Å²) in [5.41, 5.74) is 1.36. The van der Waals surface area contributed by atoms with Crippen LogP contribution in [0.2, 0.25) is 0 Å². The van der Waals surface area contributed by atoms with E-state index in [0.717, 1.165) is 30.4 Å². The maximum Gasteiger partial charge on any atom is 0.311 e. The van der Waals surface area contributed by atoms with E-state index < -0.39 is 17.5 Å². The molecule has 3 atom stereocenters. The molecular formula is C18H21NO4. The maximum atomic E-state index is 13.0. The molecule has 4 rings (SSSR count). The smallest absolute Gasteiger partial charge is 0.311 e. The molecule has 2 fully saturated rings. The lowest BCUT2D eigenvalue weighted by Crippen LogP contribution is -2.40. The summed E-state index contributed by atoms with van der Waals surface area (Å²) in [6.07, 6.45) is 2.77. The van der Waals surface area contributed by atoms with Gasteiger partial charge in [0.05, 0.1) is 12.0 Å². The van der Waals surface area contributed by atoms with E-state index in [2.05, 4.69) is 0 Å². The number of carbonyl (C=O) groups is 2. The molecule has 0 bridgehead atoms. The van der Waals surface area contributed by atoms with Gasteiger partial charge in [-0.3, -0.25) is 9.59 Å². The number of rotatable bonds is 2. The third-order valence-electron chi connectivity index (χ3n) is 5.83. The minimum absolute atomic E-state index is 0.0767. The Morgan fingerprint density at radius 1 is 1.30 bits per heavy atom. The Labute approximate surface area is 135 Å². The van der Waals surface area contributed by atoms with Gasteiger partial charge in [0.2, 0.25) is 0 Å². The Balaban J connectivity index is 1.59. The Morgan fingerprint density at radius 3 is 2.91 bits per heavy atom. The molecule has 1 unspecified atom stereocenters. The monoisotopic (exact) mass is 315 g/mol. The second-order valence-corrected chi connectivity index (χ2v) is 6.97. The number of carboxylic acids is 1. The Kier molecular flexibility index (Phi) is 3.41. The van der Waals surface area contributed by atoms with Crippen LogP contribution in [0.25, 0.3) is 0 Å². The lowest BCUT2D eigenvalue weighted by Gasteiger charge is -2.29. The number of aliphatic carboxylic acids is 1. The fourth-order valence-corrected chi connectivity index (χ4v) is 4.57. The zero-order chi connectivity index (χ0) is 16.0. The summed E-state index contributed by atoms with van der Waals surface area (Å²) >= 11 is 0. The van der Waals surface area contributed by atoms with Crippen LogP contribution in [-0.4, -0.2) is 41.6 Å². The second-order valence-electron chi connectivity index (χ2n) is 6.97. The number of ether oxygens (including phenoxy) is 1. The van der Waals surface area contributed by atoms with Gasteiger partial charge in [0.15, 0.2) is 6.10 Å². The van der Waals surface area contributed by atoms with Crippen molar-refractivity contribution in [3.8, 4) is 0 Å². The minimum atomic E-state index is -0.750. The number of hydrogen-bond acceptors (Lipinski definition) is 3. The molecule has 0 spiro atoms. The standard InChI is InChI=1S/C18H21NO4/c20-16(15-14-6-2-1-4-12(14)7-9-23-15)19-10-13-5-3-8-18(13,11-19)17(21)22/h1-2,4,6,13,15H,3,5,7-11H2,(H,21,22)/t13-,15?,18+/m0/s1. The van der Waals surface area contributed by atoms with Gasteiger partial charge in [-0.05, 0) is 36.3 Å². The number of carbonyl (C=O) groups excluding carboxylic acids is 1. The van der Waals surface area contributed by atoms with Gasteiger partial charge in [0, 0.05) is 13.1 Å². The van der Waals surface area contributed by atoms with Crippen LogP contribution in [-0.2, 0) is 20.7 Å². The number of benzene rings is 1. The van der Waals surface area contributed by atoms with E-state index in [4.69, 9.17) is 4.74 Å². The summed E-state index contributed by atoms with van der Waals surface area (Å²) in [6.45, 7) is 1.41. The third-order valence-corrected chi connectivity index (χ3v) is 5.83. The first kappa shape index (κ1) is 14.7. The zero-order valence-corrected chi connectivity index (χ0v) is 13.0. The van der Waals surface area contributed by atoms with Crippen molar-refractivity contribution in [3.05, 3.63) is 35.4 Å². The van der Waals surface area contributed by atoms with E-state index >= 15 is 0 Å². The lowest BCUT2D eigenvalue weighted by atomic mass is 9.81. The van der Waals surface area contributed by atoms with Gasteiger partial charge in [0.25, 0.3) is 5.91 Å². The minimum Gasteiger partial charge on any atom is -0.481 e. The van der Waals surface area contributed by atoms with Gasteiger partial charge >= 0.3 is 5.97 Å². The molecule has 1 amide bonds. The number of likely N-dealkylation sites (tertiary alicyclic amines) is 1. The summed E-state index contributed by atoms with van der Waals surface area (Å²) in [5, 5.41) is 9.67. The average Bonchev–Trinajstić information content (AvgIpc) is 3.12. The lowest BCUT2D eigenvalue weighted by molar-refractivity contribution is -0.150. The topological polar surface area (TPSA) is 66.8 Å². The van der Waals surface area contributed by atoms with Gasteiger partial charge < -0.3 is 14.7 Å². The molecule has 5 nitrogen and oxygen atoms in total. The quantitative estimate of drug-likeness (QED) is 0.906. The van der Waals surface area contributed by atoms with Crippen LogP contribution < -0.4 is 0 Å². The molecule has 1 aliphatic carbocycles. The van der Waals surface area contributed by atoms with E-state index in [0.29, 0.717) is 26.1 Å². The van der Waals surface area contributed by atoms with Crippen LogP contribution in [0.15, 0.2) is 24.3 Å². The predicted molar refractivity (Wildman–Crippen MR) is 82.8 cm³/mol.